The number of alkyl halides is 3. The number of amides is 2. The van der Waals surface area contributed by atoms with Crippen LogP contribution in [0.2, 0.25) is 0 Å². The van der Waals surface area contributed by atoms with Crippen molar-refractivity contribution in [3.63, 3.8) is 0 Å². The number of hydrogen-bond donors (Lipinski definition) is 2. The molecular formula is C14H15F3N2O2. The van der Waals surface area contributed by atoms with Crippen LogP contribution in [0.1, 0.15) is 35.2 Å². The van der Waals surface area contributed by atoms with Gasteiger partial charge in [0.05, 0.1) is 11.1 Å². The lowest BCUT2D eigenvalue weighted by molar-refractivity contribution is -0.137. The second-order valence-corrected chi connectivity index (χ2v) is 5.15. The van der Waals surface area contributed by atoms with E-state index in [1.807, 2.05) is 0 Å². The number of nitrogens with one attached hydrogen (secondary N) is 1. The van der Waals surface area contributed by atoms with E-state index >= 15 is 0 Å². The van der Waals surface area contributed by atoms with Crippen molar-refractivity contribution in [1.82, 2.24) is 5.32 Å². The summed E-state index contributed by atoms with van der Waals surface area (Å²) in [5.74, 6) is -1.37. The molecule has 0 unspecified atom stereocenters. The van der Waals surface area contributed by atoms with Crippen LogP contribution in [-0.2, 0) is 11.0 Å². The number of carbonyl (C=O) groups is 2. The maximum absolute atomic E-state index is 12.9. The van der Waals surface area contributed by atoms with Crippen LogP contribution in [0.5, 0.6) is 0 Å². The Hall–Kier alpha value is -2.05. The molecule has 0 saturated heterocycles. The highest BCUT2D eigenvalue weighted by molar-refractivity contribution is 5.98. The van der Waals surface area contributed by atoms with Crippen LogP contribution in [0, 0.1) is 5.92 Å². The van der Waals surface area contributed by atoms with E-state index in [9.17, 15) is 22.8 Å². The Morgan fingerprint density at radius 2 is 1.90 bits per heavy atom. The molecule has 4 nitrogen and oxygen atoms in total. The molecule has 2 amide bonds. The summed E-state index contributed by atoms with van der Waals surface area (Å²) in [7, 11) is 0. The predicted molar refractivity (Wildman–Crippen MR) is 69.2 cm³/mol. The molecule has 0 spiro atoms. The number of nitrogens with two attached hydrogens (primary N) is 1. The Bertz CT molecular complexity index is 553. The van der Waals surface area contributed by atoms with E-state index in [-0.39, 0.29) is 0 Å². The van der Waals surface area contributed by atoms with Gasteiger partial charge in [-0.05, 0) is 24.5 Å². The fraction of sp³-hybridized carbons (Fsp3) is 0.429. The SMILES string of the molecule is NC(=O)[C@@H](CC1CC1)NC(=O)c1ccccc1C(F)(F)F. The van der Waals surface area contributed by atoms with Crippen molar-refractivity contribution in [2.24, 2.45) is 11.7 Å². The molecule has 3 N–H and O–H groups in total. The minimum absolute atomic E-state index is 0.306. The largest absolute Gasteiger partial charge is 0.417 e. The molecule has 114 valence electrons. The van der Waals surface area contributed by atoms with Gasteiger partial charge in [0.15, 0.2) is 0 Å². The monoisotopic (exact) mass is 300 g/mol. The Kier molecular flexibility index (Phi) is 4.20. The van der Waals surface area contributed by atoms with Crippen molar-refractivity contribution in [2.75, 3.05) is 0 Å². The van der Waals surface area contributed by atoms with Gasteiger partial charge >= 0.3 is 6.18 Å². The van der Waals surface area contributed by atoms with Crippen LogP contribution < -0.4 is 11.1 Å². The van der Waals surface area contributed by atoms with Crippen LogP contribution >= 0.6 is 0 Å². The van der Waals surface area contributed by atoms with E-state index in [0.29, 0.717) is 12.3 Å². The summed E-state index contributed by atoms with van der Waals surface area (Å²) >= 11 is 0. The highest BCUT2D eigenvalue weighted by Crippen LogP contribution is 2.34. The van der Waals surface area contributed by atoms with Gasteiger partial charge in [0, 0.05) is 0 Å². The molecule has 1 aromatic rings. The quantitative estimate of drug-likeness (QED) is 0.874. The molecule has 7 heteroatoms. The molecular weight excluding hydrogens is 285 g/mol. The van der Waals surface area contributed by atoms with Crippen LogP contribution in [0.25, 0.3) is 0 Å². The summed E-state index contributed by atoms with van der Waals surface area (Å²) in [5, 5.41) is 2.30. The highest BCUT2D eigenvalue weighted by Gasteiger charge is 2.36. The Morgan fingerprint density at radius 3 is 2.43 bits per heavy atom. The lowest BCUT2D eigenvalue weighted by Gasteiger charge is -2.17. The lowest BCUT2D eigenvalue weighted by Crippen LogP contribution is -2.45. The Balaban J connectivity index is 2.17. The molecule has 1 fully saturated rings. The molecule has 1 atom stereocenters. The number of carbonyl (C=O) groups excluding carboxylic acids is 2. The smallest absolute Gasteiger partial charge is 0.368 e. The predicted octanol–water partition coefficient (Wildman–Crippen LogP) is 2.09. The first-order valence-corrected chi connectivity index (χ1v) is 6.55. The molecule has 1 saturated carbocycles. The highest BCUT2D eigenvalue weighted by atomic mass is 19.4. The third kappa shape index (κ3) is 3.96. The van der Waals surface area contributed by atoms with E-state index in [2.05, 4.69) is 5.32 Å². The average molecular weight is 300 g/mol. The number of rotatable bonds is 5. The van der Waals surface area contributed by atoms with Gasteiger partial charge in [0.1, 0.15) is 6.04 Å². The zero-order chi connectivity index (χ0) is 15.6. The standard InChI is InChI=1S/C14H15F3N2O2/c15-14(16,17)10-4-2-1-3-9(10)13(21)19-11(12(18)20)7-8-5-6-8/h1-4,8,11H,5-7H2,(H2,18,20)(H,19,21)/t11-/m1/s1. The number of benzene rings is 1. The van der Waals surface area contributed by atoms with Crippen molar-refractivity contribution < 1.29 is 22.8 Å². The van der Waals surface area contributed by atoms with E-state index in [4.69, 9.17) is 5.73 Å². The minimum Gasteiger partial charge on any atom is -0.368 e. The van der Waals surface area contributed by atoms with Crippen molar-refractivity contribution in [3.05, 3.63) is 35.4 Å². The van der Waals surface area contributed by atoms with Gasteiger partial charge in [0.2, 0.25) is 5.91 Å². The molecule has 21 heavy (non-hydrogen) atoms. The number of hydrogen-bond acceptors (Lipinski definition) is 2. The second-order valence-electron chi connectivity index (χ2n) is 5.15. The zero-order valence-corrected chi connectivity index (χ0v) is 11.1. The van der Waals surface area contributed by atoms with Crippen LogP contribution in [-0.4, -0.2) is 17.9 Å². The fourth-order valence-electron chi connectivity index (χ4n) is 2.10. The molecule has 1 aromatic carbocycles. The molecule has 1 aliphatic carbocycles. The number of primary amides is 1. The summed E-state index contributed by atoms with van der Waals surface area (Å²) in [5.41, 5.74) is 3.65. The van der Waals surface area contributed by atoms with Crippen LogP contribution in [0.3, 0.4) is 0 Å². The van der Waals surface area contributed by atoms with Crippen molar-refractivity contribution in [1.29, 1.82) is 0 Å². The second kappa shape index (κ2) is 5.75. The first kappa shape index (κ1) is 15.3. The van der Waals surface area contributed by atoms with E-state index in [1.165, 1.54) is 12.1 Å². The summed E-state index contributed by atoms with van der Waals surface area (Å²) in [6, 6.07) is 3.51. The molecule has 0 aliphatic heterocycles. The first-order chi connectivity index (χ1) is 9.79. The summed E-state index contributed by atoms with van der Waals surface area (Å²) in [4.78, 5) is 23.3. The third-order valence-electron chi connectivity index (χ3n) is 3.39. The first-order valence-electron chi connectivity index (χ1n) is 6.55. The summed E-state index contributed by atoms with van der Waals surface area (Å²) in [6.45, 7) is 0. The molecule has 2 rings (SSSR count). The molecule has 1 aliphatic rings. The maximum Gasteiger partial charge on any atom is 0.417 e. The molecule has 0 heterocycles. The molecule has 0 radical (unpaired) electrons. The lowest BCUT2D eigenvalue weighted by atomic mass is 10.0. The summed E-state index contributed by atoms with van der Waals surface area (Å²) < 4.78 is 38.6. The van der Waals surface area contributed by atoms with E-state index < -0.39 is 35.2 Å². The Morgan fingerprint density at radius 1 is 1.29 bits per heavy atom. The topological polar surface area (TPSA) is 72.2 Å². The minimum atomic E-state index is -4.63. The van der Waals surface area contributed by atoms with Crippen LogP contribution in [0.4, 0.5) is 13.2 Å². The van der Waals surface area contributed by atoms with Gasteiger partial charge in [-0.2, -0.15) is 13.2 Å². The van der Waals surface area contributed by atoms with Gasteiger partial charge in [0.25, 0.3) is 5.91 Å². The van der Waals surface area contributed by atoms with Gasteiger partial charge in [-0.25, -0.2) is 0 Å². The van der Waals surface area contributed by atoms with E-state index in [0.717, 1.165) is 25.0 Å². The van der Waals surface area contributed by atoms with Crippen molar-refractivity contribution in [2.45, 2.75) is 31.5 Å². The zero-order valence-electron chi connectivity index (χ0n) is 11.1. The Labute approximate surface area is 119 Å². The average Bonchev–Trinajstić information content (AvgIpc) is 3.20. The normalized spacial score (nSPS) is 16.3. The fourth-order valence-corrected chi connectivity index (χ4v) is 2.10. The van der Waals surface area contributed by atoms with Gasteiger partial charge in [-0.15, -0.1) is 0 Å². The maximum atomic E-state index is 12.9. The number of halogens is 3. The molecule has 0 bridgehead atoms. The van der Waals surface area contributed by atoms with Gasteiger partial charge in [-0.3, -0.25) is 9.59 Å². The summed E-state index contributed by atoms with van der Waals surface area (Å²) in [6.07, 6.45) is -2.38. The van der Waals surface area contributed by atoms with Gasteiger partial charge in [-0.1, -0.05) is 25.0 Å². The third-order valence-corrected chi connectivity index (χ3v) is 3.39. The van der Waals surface area contributed by atoms with Crippen molar-refractivity contribution >= 4 is 11.8 Å². The molecule has 0 aromatic heterocycles. The van der Waals surface area contributed by atoms with Crippen LogP contribution in [0.15, 0.2) is 24.3 Å². The van der Waals surface area contributed by atoms with Gasteiger partial charge < -0.3 is 11.1 Å². The van der Waals surface area contributed by atoms with E-state index in [1.54, 1.807) is 0 Å². The van der Waals surface area contributed by atoms with Crippen molar-refractivity contribution in [3.8, 4) is 0 Å².